The molecular weight excluding hydrogens is 380 g/mol. The first-order chi connectivity index (χ1) is 13.1. The van der Waals surface area contributed by atoms with Crippen LogP contribution in [-0.2, 0) is 16.0 Å². The summed E-state index contributed by atoms with van der Waals surface area (Å²) in [6.07, 6.45) is 1.13. The summed E-state index contributed by atoms with van der Waals surface area (Å²) in [5, 5.41) is 2.10. The van der Waals surface area contributed by atoms with E-state index in [1.807, 2.05) is 24.0 Å². The average Bonchev–Trinajstić information content (AvgIpc) is 3.14. The van der Waals surface area contributed by atoms with E-state index in [4.69, 9.17) is 11.6 Å². The van der Waals surface area contributed by atoms with E-state index in [-0.39, 0.29) is 36.7 Å². The molecule has 0 spiro atoms. The highest BCUT2D eigenvalue weighted by Gasteiger charge is 2.34. The third kappa shape index (κ3) is 4.19. The molecular formula is C21H25ClN2O2S. The SMILES string of the molecule is CCN(CC(=O)N1CCc2sccc2C1c1ccccc1C)C(=O)CCCl. The predicted molar refractivity (Wildman–Crippen MR) is 110 cm³/mol. The Morgan fingerprint density at radius 3 is 2.74 bits per heavy atom. The van der Waals surface area contributed by atoms with Crippen LogP contribution >= 0.6 is 22.9 Å². The molecule has 0 N–H and O–H groups in total. The average molecular weight is 405 g/mol. The Labute approximate surface area is 169 Å². The van der Waals surface area contributed by atoms with Crippen molar-refractivity contribution < 1.29 is 9.59 Å². The molecule has 0 fully saturated rings. The maximum absolute atomic E-state index is 13.2. The van der Waals surface area contributed by atoms with Gasteiger partial charge in [0.05, 0.1) is 12.6 Å². The summed E-state index contributed by atoms with van der Waals surface area (Å²) in [6, 6.07) is 10.3. The smallest absolute Gasteiger partial charge is 0.242 e. The van der Waals surface area contributed by atoms with E-state index >= 15 is 0 Å². The van der Waals surface area contributed by atoms with Gasteiger partial charge in [-0.05, 0) is 48.4 Å². The lowest BCUT2D eigenvalue weighted by Gasteiger charge is -2.38. The van der Waals surface area contributed by atoms with Crippen LogP contribution in [-0.4, -0.2) is 47.1 Å². The van der Waals surface area contributed by atoms with E-state index in [1.165, 1.54) is 16.0 Å². The standard InChI is InChI=1S/C21H25ClN2O2S/c1-3-23(19(25)8-11-22)14-20(26)24-12-9-18-17(10-13-27-18)21(24)16-7-5-4-6-15(16)2/h4-7,10,13,21H,3,8-9,11-12,14H2,1-2H3. The number of fused-ring (bicyclic) bond motifs is 1. The fraction of sp³-hybridized carbons (Fsp3) is 0.429. The summed E-state index contributed by atoms with van der Waals surface area (Å²) < 4.78 is 0. The van der Waals surface area contributed by atoms with E-state index in [1.54, 1.807) is 16.2 Å². The van der Waals surface area contributed by atoms with Crippen LogP contribution in [0.15, 0.2) is 35.7 Å². The molecule has 1 aromatic heterocycles. The second-order valence-corrected chi connectivity index (χ2v) is 8.12. The Morgan fingerprint density at radius 1 is 1.26 bits per heavy atom. The van der Waals surface area contributed by atoms with Gasteiger partial charge in [-0.3, -0.25) is 9.59 Å². The maximum atomic E-state index is 13.2. The topological polar surface area (TPSA) is 40.6 Å². The van der Waals surface area contributed by atoms with Crippen molar-refractivity contribution in [2.45, 2.75) is 32.7 Å². The summed E-state index contributed by atoms with van der Waals surface area (Å²) in [5.41, 5.74) is 3.54. The van der Waals surface area contributed by atoms with Crippen LogP contribution in [0.2, 0.25) is 0 Å². The summed E-state index contributed by atoms with van der Waals surface area (Å²) in [5.74, 6) is 0.198. The van der Waals surface area contributed by atoms with Crippen LogP contribution in [0, 0.1) is 6.92 Å². The minimum Gasteiger partial charge on any atom is -0.334 e. The Hall–Kier alpha value is -1.85. The van der Waals surface area contributed by atoms with Gasteiger partial charge in [0.25, 0.3) is 0 Å². The zero-order valence-corrected chi connectivity index (χ0v) is 17.4. The molecule has 0 radical (unpaired) electrons. The highest BCUT2D eigenvalue weighted by atomic mass is 35.5. The molecule has 1 unspecified atom stereocenters. The molecule has 144 valence electrons. The zero-order valence-electron chi connectivity index (χ0n) is 15.8. The molecule has 2 aromatic rings. The van der Waals surface area contributed by atoms with Crippen LogP contribution in [0.4, 0.5) is 0 Å². The number of halogens is 1. The first kappa shape index (κ1) is 19.9. The Morgan fingerprint density at radius 2 is 2.04 bits per heavy atom. The molecule has 1 aliphatic rings. The van der Waals surface area contributed by atoms with Crippen LogP contribution in [0.25, 0.3) is 0 Å². The molecule has 0 saturated heterocycles. The highest BCUT2D eigenvalue weighted by molar-refractivity contribution is 7.10. The quantitative estimate of drug-likeness (QED) is 0.682. The number of likely N-dealkylation sites (N-methyl/N-ethyl adjacent to an activating group) is 1. The third-order valence-electron chi connectivity index (χ3n) is 5.14. The lowest BCUT2D eigenvalue weighted by Crippen LogP contribution is -2.46. The molecule has 4 nitrogen and oxygen atoms in total. The zero-order chi connectivity index (χ0) is 19.4. The van der Waals surface area contributed by atoms with E-state index in [0.29, 0.717) is 13.1 Å². The fourth-order valence-corrected chi connectivity index (χ4v) is 4.75. The fourth-order valence-electron chi connectivity index (χ4n) is 3.68. The summed E-state index contributed by atoms with van der Waals surface area (Å²) >= 11 is 7.46. The molecule has 0 aliphatic carbocycles. The van der Waals surface area contributed by atoms with Crippen LogP contribution in [0.3, 0.4) is 0 Å². The van der Waals surface area contributed by atoms with E-state index in [2.05, 4.69) is 30.5 Å². The van der Waals surface area contributed by atoms with Crippen molar-refractivity contribution in [1.82, 2.24) is 9.80 Å². The van der Waals surface area contributed by atoms with Crippen molar-refractivity contribution in [3.05, 3.63) is 57.3 Å². The number of amides is 2. The van der Waals surface area contributed by atoms with Crippen LogP contribution < -0.4 is 0 Å². The van der Waals surface area contributed by atoms with Gasteiger partial charge in [0.1, 0.15) is 0 Å². The van der Waals surface area contributed by atoms with Crippen LogP contribution in [0.1, 0.15) is 41.0 Å². The normalized spacial score (nSPS) is 16.1. The van der Waals surface area contributed by atoms with Gasteiger partial charge in [-0.25, -0.2) is 0 Å². The van der Waals surface area contributed by atoms with Gasteiger partial charge in [-0.1, -0.05) is 24.3 Å². The van der Waals surface area contributed by atoms with E-state index in [0.717, 1.165) is 12.0 Å². The summed E-state index contributed by atoms with van der Waals surface area (Å²) in [4.78, 5) is 30.3. The van der Waals surface area contributed by atoms with Gasteiger partial charge in [0.2, 0.25) is 11.8 Å². The molecule has 2 amide bonds. The predicted octanol–water partition coefficient (Wildman–Crippen LogP) is 4.01. The molecule has 1 aliphatic heterocycles. The minimum atomic E-state index is -0.0875. The summed E-state index contributed by atoms with van der Waals surface area (Å²) in [6.45, 7) is 5.26. The van der Waals surface area contributed by atoms with E-state index < -0.39 is 0 Å². The first-order valence-electron chi connectivity index (χ1n) is 9.31. The molecule has 2 heterocycles. The second kappa shape index (κ2) is 8.89. The molecule has 3 rings (SSSR count). The minimum absolute atomic E-state index is 0.00937. The number of alkyl halides is 1. The lowest BCUT2D eigenvalue weighted by molar-refractivity contribution is -0.141. The summed E-state index contributed by atoms with van der Waals surface area (Å²) in [7, 11) is 0. The highest BCUT2D eigenvalue weighted by Crippen LogP contribution is 2.38. The van der Waals surface area contributed by atoms with Crippen molar-refractivity contribution in [3.8, 4) is 0 Å². The second-order valence-electron chi connectivity index (χ2n) is 6.74. The van der Waals surface area contributed by atoms with Gasteiger partial charge in [-0.15, -0.1) is 22.9 Å². The lowest BCUT2D eigenvalue weighted by atomic mass is 9.90. The Kier molecular flexibility index (Phi) is 6.55. The number of rotatable bonds is 6. The van der Waals surface area contributed by atoms with Gasteiger partial charge >= 0.3 is 0 Å². The van der Waals surface area contributed by atoms with Crippen molar-refractivity contribution in [1.29, 1.82) is 0 Å². The molecule has 27 heavy (non-hydrogen) atoms. The van der Waals surface area contributed by atoms with Gasteiger partial charge in [0, 0.05) is 30.3 Å². The van der Waals surface area contributed by atoms with Crippen molar-refractivity contribution in [2.24, 2.45) is 0 Å². The first-order valence-corrected chi connectivity index (χ1v) is 10.7. The molecule has 0 saturated carbocycles. The number of aryl methyl sites for hydroxylation is 1. The van der Waals surface area contributed by atoms with Gasteiger partial charge in [-0.2, -0.15) is 0 Å². The number of benzene rings is 1. The van der Waals surface area contributed by atoms with Crippen LogP contribution in [0.5, 0.6) is 0 Å². The number of nitrogens with zero attached hydrogens (tertiary/aromatic N) is 2. The molecule has 1 atom stereocenters. The Balaban J connectivity index is 1.90. The molecule has 1 aromatic carbocycles. The van der Waals surface area contributed by atoms with Crippen molar-refractivity contribution in [2.75, 3.05) is 25.5 Å². The van der Waals surface area contributed by atoms with Gasteiger partial charge < -0.3 is 9.80 Å². The third-order valence-corrected chi connectivity index (χ3v) is 6.32. The Bertz CT molecular complexity index is 820. The molecule has 6 heteroatoms. The van der Waals surface area contributed by atoms with E-state index in [9.17, 15) is 9.59 Å². The number of hydrogen-bond donors (Lipinski definition) is 0. The largest absolute Gasteiger partial charge is 0.334 e. The van der Waals surface area contributed by atoms with Gasteiger partial charge in [0.15, 0.2) is 0 Å². The maximum Gasteiger partial charge on any atom is 0.242 e. The monoisotopic (exact) mass is 404 g/mol. The van der Waals surface area contributed by atoms with Crippen molar-refractivity contribution >= 4 is 34.8 Å². The number of hydrogen-bond acceptors (Lipinski definition) is 3. The van der Waals surface area contributed by atoms with Crippen molar-refractivity contribution in [3.63, 3.8) is 0 Å². The molecule has 0 bridgehead atoms. The number of carbonyl (C=O) groups is 2. The number of carbonyl (C=O) groups excluding carboxylic acids is 2. The number of thiophene rings is 1.